The summed E-state index contributed by atoms with van der Waals surface area (Å²) in [5.41, 5.74) is 12.9. The van der Waals surface area contributed by atoms with Crippen LogP contribution >= 0.6 is 0 Å². The average molecular weight is 201 g/mol. The molecule has 0 bridgehead atoms. The van der Waals surface area contributed by atoms with Gasteiger partial charge in [0.05, 0.1) is 5.56 Å². The third kappa shape index (κ3) is 1.69. The Morgan fingerprint density at radius 1 is 1.20 bits per heavy atom. The van der Waals surface area contributed by atoms with E-state index >= 15 is 0 Å². The molecule has 1 heterocycles. The van der Waals surface area contributed by atoms with Crippen LogP contribution in [0.25, 0.3) is 11.3 Å². The molecule has 0 aliphatic carbocycles. The molecule has 76 valence electrons. The molecule has 0 spiro atoms. The van der Waals surface area contributed by atoms with Gasteiger partial charge in [-0.2, -0.15) is 0 Å². The highest BCUT2D eigenvalue weighted by Gasteiger charge is 2.10. The number of primary amides is 1. The Balaban J connectivity index is 2.48. The number of anilines is 1. The molecular formula is C11H11N3O. The SMILES string of the molecule is NC(=O)c1cc(-c2ccccc2)[nH]c1N. The maximum absolute atomic E-state index is 11.0. The van der Waals surface area contributed by atoms with E-state index in [1.54, 1.807) is 6.07 Å². The van der Waals surface area contributed by atoms with Crippen molar-refractivity contribution in [2.45, 2.75) is 0 Å². The van der Waals surface area contributed by atoms with Crippen molar-refractivity contribution in [3.8, 4) is 11.3 Å². The summed E-state index contributed by atoms with van der Waals surface area (Å²) in [6.45, 7) is 0. The van der Waals surface area contributed by atoms with Crippen molar-refractivity contribution >= 4 is 11.7 Å². The summed E-state index contributed by atoms with van der Waals surface area (Å²) in [5.74, 6) is -0.215. The smallest absolute Gasteiger partial charge is 0.252 e. The van der Waals surface area contributed by atoms with Crippen LogP contribution < -0.4 is 11.5 Å². The first-order valence-electron chi connectivity index (χ1n) is 4.52. The van der Waals surface area contributed by atoms with Gasteiger partial charge in [0.1, 0.15) is 5.82 Å². The lowest BCUT2D eigenvalue weighted by atomic mass is 10.1. The topological polar surface area (TPSA) is 84.9 Å². The van der Waals surface area contributed by atoms with Crippen molar-refractivity contribution in [1.82, 2.24) is 4.98 Å². The zero-order chi connectivity index (χ0) is 10.8. The number of aromatic amines is 1. The molecule has 0 unspecified atom stereocenters. The summed E-state index contributed by atoms with van der Waals surface area (Å²) in [6.07, 6.45) is 0. The van der Waals surface area contributed by atoms with Crippen molar-refractivity contribution in [3.63, 3.8) is 0 Å². The second-order valence-electron chi connectivity index (χ2n) is 3.24. The molecule has 15 heavy (non-hydrogen) atoms. The zero-order valence-corrected chi connectivity index (χ0v) is 8.03. The van der Waals surface area contributed by atoms with Gasteiger partial charge in [0, 0.05) is 5.69 Å². The molecule has 2 aromatic rings. The third-order valence-corrected chi connectivity index (χ3v) is 2.20. The Hall–Kier alpha value is -2.23. The fraction of sp³-hybridized carbons (Fsp3) is 0. The quantitative estimate of drug-likeness (QED) is 0.685. The summed E-state index contributed by atoms with van der Waals surface area (Å²) in [7, 11) is 0. The minimum Gasteiger partial charge on any atom is -0.385 e. The standard InChI is InChI=1S/C11H11N3O/c12-10-8(11(13)15)6-9(14-10)7-4-2-1-3-5-7/h1-6,14H,12H2,(H2,13,15). The lowest BCUT2D eigenvalue weighted by Gasteiger charge is -1.95. The fourth-order valence-corrected chi connectivity index (χ4v) is 1.45. The van der Waals surface area contributed by atoms with Crippen molar-refractivity contribution in [2.24, 2.45) is 5.73 Å². The first kappa shape index (κ1) is 9.33. The van der Waals surface area contributed by atoms with Crippen molar-refractivity contribution in [3.05, 3.63) is 42.0 Å². The number of amides is 1. The predicted octanol–water partition coefficient (Wildman–Crippen LogP) is 1.36. The molecule has 4 nitrogen and oxygen atoms in total. The molecule has 0 aliphatic rings. The van der Waals surface area contributed by atoms with Gasteiger partial charge in [-0.3, -0.25) is 4.79 Å². The molecule has 0 saturated heterocycles. The monoisotopic (exact) mass is 201 g/mol. The van der Waals surface area contributed by atoms with Crippen LogP contribution in [0.3, 0.4) is 0 Å². The van der Waals surface area contributed by atoms with Gasteiger partial charge in [-0.15, -0.1) is 0 Å². The number of nitrogen functional groups attached to an aromatic ring is 1. The Morgan fingerprint density at radius 3 is 2.40 bits per heavy atom. The maximum Gasteiger partial charge on any atom is 0.252 e. The Morgan fingerprint density at radius 2 is 1.87 bits per heavy atom. The van der Waals surface area contributed by atoms with Crippen LogP contribution in [0, 0.1) is 0 Å². The summed E-state index contributed by atoms with van der Waals surface area (Å²) in [5, 5.41) is 0. The van der Waals surface area contributed by atoms with Gasteiger partial charge in [0.15, 0.2) is 0 Å². The van der Waals surface area contributed by atoms with Gasteiger partial charge < -0.3 is 16.5 Å². The van der Waals surface area contributed by atoms with Crippen LogP contribution in [0.1, 0.15) is 10.4 Å². The normalized spacial score (nSPS) is 10.1. The number of nitrogens with two attached hydrogens (primary N) is 2. The van der Waals surface area contributed by atoms with Gasteiger partial charge in [0.25, 0.3) is 5.91 Å². The van der Waals surface area contributed by atoms with E-state index in [2.05, 4.69) is 4.98 Å². The van der Waals surface area contributed by atoms with Crippen molar-refractivity contribution in [1.29, 1.82) is 0 Å². The second kappa shape index (κ2) is 3.49. The number of benzene rings is 1. The highest BCUT2D eigenvalue weighted by Crippen LogP contribution is 2.22. The van der Waals surface area contributed by atoms with Crippen molar-refractivity contribution < 1.29 is 4.79 Å². The van der Waals surface area contributed by atoms with Crippen LogP contribution in [0.5, 0.6) is 0 Å². The minimum absolute atomic E-state index is 0.307. The maximum atomic E-state index is 11.0. The minimum atomic E-state index is -0.522. The predicted molar refractivity (Wildman–Crippen MR) is 59.2 cm³/mol. The lowest BCUT2D eigenvalue weighted by Crippen LogP contribution is -2.11. The summed E-state index contributed by atoms with van der Waals surface area (Å²) in [6, 6.07) is 11.3. The van der Waals surface area contributed by atoms with E-state index in [1.165, 1.54) is 0 Å². The molecular weight excluding hydrogens is 190 g/mol. The molecule has 0 aliphatic heterocycles. The van der Waals surface area contributed by atoms with Gasteiger partial charge in [-0.05, 0) is 11.6 Å². The molecule has 0 radical (unpaired) electrons. The number of nitrogens with one attached hydrogen (secondary N) is 1. The summed E-state index contributed by atoms with van der Waals surface area (Å²) < 4.78 is 0. The number of hydrogen-bond donors (Lipinski definition) is 3. The number of rotatable bonds is 2. The third-order valence-electron chi connectivity index (χ3n) is 2.20. The number of aromatic nitrogens is 1. The second-order valence-corrected chi connectivity index (χ2v) is 3.24. The number of carbonyl (C=O) groups excluding carboxylic acids is 1. The van der Waals surface area contributed by atoms with Crippen LogP contribution in [0.2, 0.25) is 0 Å². The fourth-order valence-electron chi connectivity index (χ4n) is 1.45. The van der Waals surface area contributed by atoms with E-state index < -0.39 is 5.91 Å². The molecule has 0 saturated carbocycles. The average Bonchev–Trinajstić information content (AvgIpc) is 2.62. The summed E-state index contributed by atoms with van der Waals surface area (Å²) in [4.78, 5) is 13.9. The van der Waals surface area contributed by atoms with Crippen LogP contribution in [-0.2, 0) is 0 Å². The van der Waals surface area contributed by atoms with E-state index in [1.807, 2.05) is 30.3 Å². The number of H-pyrrole nitrogens is 1. The molecule has 1 amide bonds. The van der Waals surface area contributed by atoms with Gasteiger partial charge in [-0.1, -0.05) is 30.3 Å². The Labute approximate surface area is 86.9 Å². The zero-order valence-electron chi connectivity index (χ0n) is 8.03. The molecule has 0 fully saturated rings. The Kier molecular flexibility index (Phi) is 2.17. The van der Waals surface area contributed by atoms with Crippen molar-refractivity contribution in [2.75, 3.05) is 5.73 Å². The molecule has 5 N–H and O–H groups in total. The molecule has 1 aromatic carbocycles. The Bertz CT molecular complexity index is 488. The van der Waals surface area contributed by atoms with E-state index in [0.717, 1.165) is 11.3 Å². The first-order valence-corrected chi connectivity index (χ1v) is 4.52. The van der Waals surface area contributed by atoms with Gasteiger partial charge in [0.2, 0.25) is 0 Å². The molecule has 4 heteroatoms. The first-order chi connectivity index (χ1) is 7.18. The van der Waals surface area contributed by atoms with E-state index in [9.17, 15) is 4.79 Å². The highest BCUT2D eigenvalue weighted by molar-refractivity contribution is 5.98. The van der Waals surface area contributed by atoms with Crippen LogP contribution in [0.4, 0.5) is 5.82 Å². The van der Waals surface area contributed by atoms with Crippen LogP contribution in [0.15, 0.2) is 36.4 Å². The lowest BCUT2D eigenvalue weighted by molar-refractivity contribution is 0.100. The molecule has 1 aromatic heterocycles. The van der Waals surface area contributed by atoms with Crippen LogP contribution in [-0.4, -0.2) is 10.9 Å². The van der Waals surface area contributed by atoms with Gasteiger partial charge >= 0.3 is 0 Å². The summed E-state index contributed by atoms with van der Waals surface area (Å²) >= 11 is 0. The number of hydrogen-bond acceptors (Lipinski definition) is 2. The molecule has 2 rings (SSSR count). The number of carbonyl (C=O) groups is 1. The van der Waals surface area contributed by atoms with E-state index in [-0.39, 0.29) is 0 Å². The van der Waals surface area contributed by atoms with E-state index in [4.69, 9.17) is 11.5 Å². The highest BCUT2D eigenvalue weighted by atomic mass is 16.1. The molecule has 0 atom stereocenters. The van der Waals surface area contributed by atoms with Gasteiger partial charge in [-0.25, -0.2) is 0 Å². The largest absolute Gasteiger partial charge is 0.385 e. The van der Waals surface area contributed by atoms with E-state index in [0.29, 0.717) is 11.4 Å².